The molecule has 1 aromatic rings. The van der Waals surface area contributed by atoms with Crippen molar-refractivity contribution in [2.24, 2.45) is 4.99 Å². The normalized spacial score (nSPS) is 15.9. The summed E-state index contributed by atoms with van der Waals surface area (Å²) in [4.78, 5) is 5.85. The largest absolute Gasteiger partial charge is 0.478 e. The SMILES string of the molecule is CCOC1=NCCCc2sccc21. The van der Waals surface area contributed by atoms with E-state index in [4.69, 9.17) is 4.74 Å². The van der Waals surface area contributed by atoms with E-state index < -0.39 is 0 Å². The molecule has 0 unspecified atom stereocenters. The molecule has 70 valence electrons. The maximum atomic E-state index is 5.50. The average Bonchev–Trinajstić information content (AvgIpc) is 2.52. The lowest BCUT2D eigenvalue weighted by atomic mass is 10.2. The van der Waals surface area contributed by atoms with Gasteiger partial charge in [-0.05, 0) is 31.2 Å². The van der Waals surface area contributed by atoms with Crippen molar-refractivity contribution in [3.05, 3.63) is 21.9 Å². The molecule has 0 N–H and O–H groups in total. The summed E-state index contributed by atoms with van der Waals surface area (Å²) >= 11 is 1.81. The Balaban J connectivity index is 2.31. The Labute approximate surface area is 82.3 Å². The number of ether oxygens (including phenoxy) is 1. The van der Waals surface area contributed by atoms with E-state index in [1.807, 2.05) is 18.3 Å². The van der Waals surface area contributed by atoms with Crippen LogP contribution in [0, 0.1) is 0 Å². The second-order valence-electron chi connectivity index (χ2n) is 2.98. The van der Waals surface area contributed by atoms with Crippen molar-refractivity contribution >= 4 is 17.2 Å². The van der Waals surface area contributed by atoms with Gasteiger partial charge in [-0.2, -0.15) is 0 Å². The Hall–Kier alpha value is -0.830. The molecule has 2 heterocycles. The van der Waals surface area contributed by atoms with Gasteiger partial charge in [0, 0.05) is 11.4 Å². The Kier molecular flexibility index (Phi) is 2.64. The summed E-state index contributed by atoms with van der Waals surface area (Å²) in [6.07, 6.45) is 2.29. The zero-order chi connectivity index (χ0) is 9.10. The molecule has 0 saturated heterocycles. The highest BCUT2D eigenvalue weighted by atomic mass is 32.1. The van der Waals surface area contributed by atoms with Crippen LogP contribution in [0.2, 0.25) is 0 Å². The molecular formula is C10H13NOS. The standard InChI is InChI=1S/C10H13NOS/c1-2-12-10-8-5-7-13-9(8)4-3-6-11-10/h5,7H,2-4,6H2,1H3. The van der Waals surface area contributed by atoms with E-state index in [0.717, 1.165) is 25.3 Å². The molecular weight excluding hydrogens is 182 g/mol. The summed E-state index contributed by atoms with van der Waals surface area (Å²) < 4.78 is 5.50. The van der Waals surface area contributed by atoms with Crippen LogP contribution in [-0.4, -0.2) is 19.0 Å². The van der Waals surface area contributed by atoms with E-state index in [0.29, 0.717) is 6.61 Å². The van der Waals surface area contributed by atoms with Crippen LogP contribution in [-0.2, 0) is 11.2 Å². The molecule has 0 radical (unpaired) electrons. The maximum Gasteiger partial charge on any atom is 0.217 e. The van der Waals surface area contributed by atoms with Gasteiger partial charge in [-0.3, -0.25) is 4.99 Å². The van der Waals surface area contributed by atoms with Gasteiger partial charge in [0.1, 0.15) is 0 Å². The van der Waals surface area contributed by atoms with Gasteiger partial charge in [0.25, 0.3) is 0 Å². The summed E-state index contributed by atoms with van der Waals surface area (Å²) in [7, 11) is 0. The lowest BCUT2D eigenvalue weighted by molar-refractivity contribution is 0.327. The Morgan fingerprint density at radius 3 is 3.38 bits per heavy atom. The van der Waals surface area contributed by atoms with Crippen molar-refractivity contribution in [1.29, 1.82) is 0 Å². The molecule has 3 heteroatoms. The van der Waals surface area contributed by atoms with Crippen LogP contribution >= 0.6 is 11.3 Å². The number of aliphatic imine (C=N–C) groups is 1. The smallest absolute Gasteiger partial charge is 0.217 e. The number of hydrogen-bond acceptors (Lipinski definition) is 3. The van der Waals surface area contributed by atoms with Crippen LogP contribution in [0.25, 0.3) is 0 Å². The van der Waals surface area contributed by atoms with E-state index >= 15 is 0 Å². The van der Waals surface area contributed by atoms with E-state index in [9.17, 15) is 0 Å². The summed E-state index contributed by atoms with van der Waals surface area (Å²) in [5.74, 6) is 0.844. The van der Waals surface area contributed by atoms with Gasteiger partial charge in [-0.15, -0.1) is 11.3 Å². The first-order valence-electron chi connectivity index (χ1n) is 4.66. The minimum absolute atomic E-state index is 0.702. The highest BCUT2D eigenvalue weighted by Crippen LogP contribution is 2.22. The van der Waals surface area contributed by atoms with E-state index in [2.05, 4.69) is 16.4 Å². The minimum Gasteiger partial charge on any atom is -0.478 e. The summed E-state index contributed by atoms with van der Waals surface area (Å²) in [5, 5.41) is 2.12. The van der Waals surface area contributed by atoms with Gasteiger partial charge in [-0.25, -0.2) is 0 Å². The van der Waals surface area contributed by atoms with Crippen LogP contribution in [0.3, 0.4) is 0 Å². The van der Waals surface area contributed by atoms with Crippen LogP contribution < -0.4 is 0 Å². The lowest BCUT2D eigenvalue weighted by Crippen LogP contribution is -2.06. The lowest BCUT2D eigenvalue weighted by Gasteiger charge is -2.04. The fourth-order valence-electron chi connectivity index (χ4n) is 1.49. The molecule has 0 fully saturated rings. The Bertz CT molecular complexity index is 316. The molecule has 0 bridgehead atoms. The van der Waals surface area contributed by atoms with Crippen LogP contribution in [0.4, 0.5) is 0 Å². The van der Waals surface area contributed by atoms with Crippen LogP contribution in [0.15, 0.2) is 16.4 Å². The van der Waals surface area contributed by atoms with Crippen LogP contribution in [0.1, 0.15) is 23.8 Å². The molecule has 0 atom stereocenters. The van der Waals surface area contributed by atoms with Gasteiger partial charge >= 0.3 is 0 Å². The quantitative estimate of drug-likeness (QED) is 0.674. The van der Waals surface area contributed by atoms with Gasteiger partial charge in [0.2, 0.25) is 5.90 Å². The van der Waals surface area contributed by atoms with Gasteiger partial charge in [-0.1, -0.05) is 0 Å². The molecule has 0 saturated carbocycles. The zero-order valence-corrected chi connectivity index (χ0v) is 8.56. The first-order valence-corrected chi connectivity index (χ1v) is 5.53. The van der Waals surface area contributed by atoms with Crippen molar-refractivity contribution < 1.29 is 4.74 Å². The number of rotatable bonds is 1. The molecule has 0 amide bonds. The molecule has 2 nitrogen and oxygen atoms in total. The van der Waals surface area contributed by atoms with Gasteiger partial charge in [0.05, 0.1) is 12.2 Å². The molecule has 0 aliphatic carbocycles. The summed E-state index contributed by atoms with van der Waals surface area (Å²) in [5.41, 5.74) is 1.21. The molecule has 2 rings (SSSR count). The van der Waals surface area contributed by atoms with E-state index in [1.165, 1.54) is 10.4 Å². The van der Waals surface area contributed by atoms with E-state index in [-0.39, 0.29) is 0 Å². The highest BCUT2D eigenvalue weighted by molar-refractivity contribution is 7.10. The van der Waals surface area contributed by atoms with Crippen molar-refractivity contribution in [3.8, 4) is 0 Å². The molecule has 13 heavy (non-hydrogen) atoms. The third kappa shape index (κ3) is 1.75. The maximum absolute atomic E-state index is 5.50. The molecule has 0 aromatic carbocycles. The molecule has 1 aliphatic heterocycles. The predicted molar refractivity (Wildman–Crippen MR) is 55.7 cm³/mol. The fourth-order valence-corrected chi connectivity index (χ4v) is 2.40. The number of nitrogens with zero attached hydrogens (tertiary/aromatic N) is 1. The topological polar surface area (TPSA) is 21.6 Å². The number of hydrogen-bond donors (Lipinski definition) is 0. The number of thiophene rings is 1. The van der Waals surface area contributed by atoms with Crippen molar-refractivity contribution in [3.63, 3.8) is 0 Å². The highest BCUT2D eigenvalue weighted by Gasteiger charge is 2.14. The Morgan fingerprint density at radius 2 is 2.54 bits per heavy atom. The second kappa shape index (κ2) is 3.92. The third-order valence-electron chi connectivity index (χ3n) is 2.07. The molecule has 1 aromatic heterocycles. The summed E-state index contributed by atoms with van der Waals surface area (Å²) in [6.45, 7) is 3.60. The Morgan fingerprint density at radius 1 is 1.62 bits per heavy atom. The molecule has 1 aliphatic rings. The number of fused-ring (bicyclic) bond motifs is 1. The second-order valence-corrected chi connectivity index (χ2v) is 3.98. The fraction of sp³-hybridized carbons (Fsp3) is 0.500. The molecule has 0 spiro atoms. The number of aryl methyl sites for hydroxylation is 1. The third-order valence-corrected chi connectivity index (χ3v) is 3.05. The van der Waals surface area contributed by atoms with Crippen molar-refractivity contribution in [2.75, 3.05) is 13.2 Å². The summed E-state index contributed by atoms with van der Waals surface area (Å²) in [6, 6.07) is 2.11. The monoisotopic (exact) mass is 195 g/mol. The van der Waals surface area contributed by atoms with Crippen molar-refractivity contribution in [2.45, 2.75) is 19.8 Å². The zero-order valence-electron chi connectivity index (χ0n) is 7.75. The average molecular weight is 195 g/mol. The van der Waals surface area contributed by atoms with Crippen molar-refractivity contribution in [1.82, 2.24) is 0 Å². The van der Waals surface area contributed by atoms with Crippen LogP contribution in [0.5, 0.6) is 0 Å². The minimum atomic E-state index is 0.702. The first-order chi connectivity index (χ1) is 6.42. The predicted octanol–water partition coefficient (Wildman–Crippen LogP) is 2.48. The van der Waals surface area contributed by atoms with E-state index in [1.54, 1.807) is 0 Å². The van der Waals surface area contributed by atoms with Gasteiger partial charge < -0.3 is 4.74 Å². The first kappa shape index (κ1) is 8.75. The van der Waals surface area contributed by atoms with Gasteiger partial charge in [0.15, 0.2) is 0 Å².